The summed E-state index contributed by atoms with van der Waals surface area (Å²) < 4.78 is 31.0. The van der Waals surface area contributed by atoms with Crippen molar-refractivity contribution >= 4 is 17.7 Å². The van der Waals surface area contributed by atoms with E-state index in [1.54, 1.807) is 15.6 Å². The minimum Gasteiger partial charge on any atom is -0.502 e. The van der Waals surface area contributed by atoms with Crippen LogP contribution in [-0.2, 0) is 5.75 Å². The maximum atomic E-state index is 15.1. The van der Waals surface area contributed by atoms with Crippen LogP contribution in [-0.4, -0.2) is 33.3 Å². The van der Waals surface area contributed by atoms with E-state index in [1.165, 1.54) is 24.0 Å². The Bertz CT molecular complexity index is 1430. The largest absolute Gasteiger partial charge is 0.502 e. The van der Waals surface area contributed by atoms with Gasteiger partial charge in [-0.1, -0.05) is 31.2 Å². The number of amides is 1. The Morgan fingerprint density at radius 2 is 1.83 bits per heavy atom. The summed E-state index contributed by atoms with van der Waals surface area (Å²) >= 11 is 1.44. The summed E-state index contributed by atoms with van der Waals surface area (Å²) in [6.45, 7) is 2.53. The molecule has 180 valence electrons. The van der Waals surface area contributed by atoms with Crippen molar-refractivity contribution < 1.29 is 18.7 Å². The predicted octanol–water partition coefficient (Wildman–Crippen LogP) is 4.38. The lowest BCUT2D eigenvalue weighted by atomic mass is 9.90. The van der Waals surface area contributed by atoms with Gasteiger partial charge in [-0.2, -0.15) is 0 Å². The van der Waals surface area contributed by atoms with Gasteiger partial charge in [0, 0.05) is 35.0 Å². The van der Waals surface area contributed by atoms with Crippen LogP contribution >= 0.6 is 11.8 Å². The Labute approximate surface area is 204 Å². The van der Waals surface area contributed by atoms with Gasteiger partial charge in [0.25, 0.3) is 5.91 Å². The molecule has 1 fully saturated rings. The molecule has 1 saturated heterocycles. The smallest absolute Gasteiger partial charge is 0.278 e. The highest BCUT2D eigenvalue weighted by atomic mass is 32.2. The van der Waals surface area contributed by atoms with Crippen LogP contribution in [0.1, 0.15) is 53.0 Å². The van der Waals surface area contributed by atoms with E-state index in [4.69, 9.17) is 0 Å². The first-order valence-corrected chi connectivity index (χ1v) is 12.6. The third-order valence-corrected chi connectivity index (χ3v) is 8.35. The van der Waals surface area contributed by atoms with Gasteiger partial charge in [0.2, 0.25) is 5.43 Å². The summed E-state index contributed by atoms with van der Waals surface area (Å²) in [6, 6.07) is 11.1. The van der Waals surface area contributed by atoms with E-state index < -0.39 is 40.9 Å². The first-order chi connectivity index (χ1) is 16.9. The first kappa shape index (κ1) is 22.2. The van der Waals surface area contributed by atoms with E-state index in [1.807, 2.05) is 29.3 Å². The molecule has 9 heteroatoms. The number of carbonyl (C=O) groups is 1. The summed E-state index contributed by atoms with van der Waals surface area (Å²) in [5.74, 6) is -2.30. The molecular weight excluding hydrogens is 472 g/mol. The van der Waals surface area contributed by atoms with Crippen LogP contribution in [0.5, 0.6) is 5.75 Å². The van der Waals surface area contributed by atoms with E-state index in [-0.39, 0.29) is 22.9 Å². The lowest BCUT2D eigenvalue weighted by molar-refractivity contribution is 0.0381. The van der Waals surface area contributed by atoms with Crippen LogP contribution < -0.4 is 10.4 Å². The van der Waals surface area contributed by atoms with Crippen LogP contribution in [0.15, 0.2) is 58.4 Å². The van der Waals surface area contributed by atoms with E-state index in [0.717, 1.165) is 22.9 Å². The number of pyridine rings is 1. The number of rotatable bonds is 1. The second-order valence-electron chi connectivity index (χ2n) is 9.38. The highest BCUT2D eigenvalue weighted by Gasteiger charge is 2.46. The number of aromatic hydroxyl groups is 1. The average Bonchev–Trinajstić information content (AvgIpc) is 3.01. The molecule has 2 aromatic carbocycles. The number of fused-ring (bicyclic) bond motifs is 4. The average molecular weight is 496 g/mol. The summed E-state index contributed by atoms with van der Waals surface area (Å²) in [5, 5.41) is 12.6. The van der Waals surface area contributed by atoms with Gasteiger partial charge in [-0.05, 0) is 42.0 Å². The number of aromatic nitrogens is 1. The number of benzene rings is 2. The zero-order valence-corrected chi connectivity index (χ0v) is 19.8. The fraction of sp³-hybridized carbons (Fsp3) is 0.308. The summed E-state index contributed by atoms with van der Waals surface area (Å²) in [5.41, 5.74) is 1.01. The fourth-order valence-electron chi connectivity index (χ4n) is 5.57. The number of nitrogens with zero attached hydrogens (tertiary/aromatic N) is 3. The van der Waals surface area contributed by atoms with E-state index >= 15 is 4.39 Å². The molecule has 6 rings (SSSR count). The molecule has 0 spiro atoms. The normalized spacial score (nSPS) is 23.2. The second kappa shape index (κ2) is 8.12. The zero-order valence-electron chi connectivity index (χ0n) is 18.9. The monoisotopic (exact) mass is 495 g/mol. The minimum atomic E-state index is -0.905. The van der Waals surface area contributed by atoms with Crippen LogP contribution in [0, 0.1) is 17.6 Å². The zero-order chi connectivity index (χ0) is 24.4. The van der Waals surface area contributed by atoms with E-state index in [2.05, 4.69) is 6.92 Å². The predicted molar refractivity (Wildman–Crippen MR) is 128 cm³/mol. The maximum Gasteiger partial charge on any atom is 0.278 e. The third kappa shape index (κ3) is 3.28. The Balaban J connectivity index is 1.66. The Morgan fingerprint density at radius 1 is 1.03 bits per heavy atom. The molecule has 1 amide bonds. The summed E-state index contributed by atoms with van der Waals surface area (Å²) in [6.07, 6.45) is 2.63. The second-order valence-corrected chi connectivity index (χ2v) is 10.4. The topological polar surface area (TPSA) is 65.8 Å². The van der Waals surface area contributed by atoms with Gasteiger partial charge in [-0.3, -0.25) is 19.3 Å². The van der Waals surface area contributed by atoms with Crippen molar-refractivity contribution in [2.24, 2.45) is 5.92 Å². The Hall–Kier alpha value is -3.33. The van der Waals surface area contributed by atoms with Crippen molar-refractivity contribution in [3.05, 3.63) is 92.9 Å². The van der Waals surface area contributed by atoms with Gasteiger partial charge < -0.3 is 10.0 Å². The Kier molecular flexibility index (Phi) is 5.14. The molecule has 0 bridgehead atoms. The number of halogens is 2. The third-order valence-electron chi connectivity index (χ3n) is 7.23. The SMILES string of the molecule is C[C@H]1CC[C@@H]2N(C1)C(=O)c1c(O)c(=O)ccn1N2[C@@H]1c2ccccc2SCc2c1ccc(F)c2F. The van der Waals surface area contributed by atoms with Crippen molar-refractivity contribution in [2.75, 3.05) is 11.6 Å². The molecule has 35 heavy (non-hydrogen) atoms. The molecule has 3 aliphatic heterocycles. The highest BCUT2D eigenvalue weighted by Crippen LogP contribution is 2.46. The van der Waals surface area contributed by atoms with Crippen LogP contribution in [0.4, 0.5) is 8.78 Å². The van der Waals surface area contributed by atoms with Gasteiger partial charge >= 0.3 is 0 Å². The number of piperidine rings is 1. The van der Waals surface area contributed by atoms with Crippen LogP contribution in [0.3, 0.4) is 0 Å². The van der Waals surface area contributed by atoms with Gasteiger partial charge in [0.05, 0.1) is 6.04 Å². The van der Waals surface area contributed by atoms with Gasteiger partial charge in [-0.25, -0.2) is 8.78 Å². The standard InChI is InChI=1S/C26H23F2N3O3S/c1-14-6-9-21-29(12-14)26(34)24-25(33)19(32)10-11-30(24)31(21)23-15-7-8-18(27)22(28)17(15)13-35-20-5-3-2-4-16(20)23/h2-5,7-8,10-11,14,21,23,33H,6,9,12-13H2,1H3/t14-,21+,23-/m0/s1. The molecule has 1 N–H and O–H groups in total. The molecule has 0 unspecified atom stereocenters. The van der Waals surface area contributed by atoms with Gasteiger partial charge in [-0.15, -0.1) is 11.8 Å². The molecule has 1 aromatic heterocycles. The number of thioether (sulfide) groups is 1. The molecule has 6 nitrogen and oxygen atoms in total. The van der Waals surface area contributed by atoms with Crippen molar-refractivity contribution in [2.45, 2.75) is 42.6 Å². The molecule has 0 radical (unpaired) electrons. The molecule has 3 atom stereocenters. The lowest BCUT2D eigenvalue weighted by Gasteiger charge is -2.52. The molecule has 0 saturated carbocycles. The van der Waals surface area contributed by atoms with Gasteiger partial charge in [0.1, 0.15) is 6.17 Å². The van der Waals surface area contributed by atoms with E-state index in [9.17, 15) is 19.1 Å². The van der Waals surface area contributed by atoms with Crippen molar-refractivity contribution in [3.63, 3.8) is 0 Å². The number of hydrogen-bond donors (Lipinski definition) is 1. The molecule has 4 heterocycles. The molecular formula is C26H23F2N3O3S. The first-order valence-electron chi connectivity index (χ1n) is 11.6. The maximum absolute atomic E-state index is 15.1. The fourth-order valence-corrected chi connectivity index (χ4v) is 6.68. The highest BCUT2D eigenvalue weighted by molar-refractivity contribution is 7.98. The van der Waals surface area contributed by atoms with E-state index in [0.29, 0.717) is 18.5 Å². The quantitative estimate of drug-likeness (QED) is 0.543. The number of carbonyl (C=O) groups excluding carboxylic acids is 1. The lowest BCUT2D eigenvalue weighted by Crippen LogP contribution is -2.64. The van der Waals surface area contributed by atoms with Crippen LogP contribution in [0.2, 0.25) is 0 Å². The summed E-state index contributed by atoms with van der Waals surface area (Å²) in [4.78, 5) is 28.5. The summed E-state index contributed by atoms with van der Waals surface area (Å²) in [7, 11) is 0. The molecule has 3 aromatic rings. The van der Waals surface area contributed by atoms with Gasteiger partial charge in [0.15, 0.2) is 23.1 Å². The van der Waals surface area contributed by atoms with Crippen molar-refractivity contribution in [3.8, 4) is 5.75 Å². The molecule has 3 aliphatic rings. The minimum absolute atomic E-state index is 0.110. The van der Waals surface area contributed by atoms with Crippen molar-refractivity contribution in [1.82, 2.24) is 9.58 Å². The molecule has 0 aliphatic carbocycles. The number of hydrogen-bond acceptors (Lipinski definition) is 5. The van der Waals surface area contributed by atoms with Crippen molar-refractivity contribution in [1.29, 1.82) is 0 Å². The van der Waals surface area contributed by atoms with Crippen LogP contribution in [0.25, 0.3) is 0 Å². The Morgan fingerprint density at radius 3 is 2.66 bits per heavy atom.